The summed E-state index contributed by atoms with van der Waals surface area (Å²) in [5, 5.41) is 9.04. The Labute approximate surface area is 304 Å². The van der Waals surface area contributed by atoms with Crippen LogP contribution in [0.5, 0.6) is 17.2 Å². The fourth-order valence-electron chi connectivity index (χ4n) is 5.38. The zero-order valence-electron chi connectivity index (χ0n) is 27.5. The quantitative estimate of drug-likeness (QED) is 0.0816. The van der Waals surface area contributed by atoms with E-state index in [-0.39, 0.29) is 63.2 Å². The van der Waals surface area contributed by atoms with Crippen molar-refractivity contribution < 1.29 is 60.0 Å². The van der Waals surface area contributed by atoms with E-state index in [9.17, 15) is 35.9 Å². The van der Waals surface area contributed by atoms with Crippen molar-refractivity contribution in [2.75, 3.05) is 59.7 Å². The normalized spacial score (nSPS) is 16.4. The number of carboxylic acids is 1. The molecule has 2 aliphatic rings. The first-order valence-corrected chi connectivity index (χ1v) is 17.0. The van der Waals surface area contributed by atoms with Crippen LogP contribution in [0, 0.1) is 0 Å². The molecule has 52 heavy (non-hydrogen) atoms. The Hall–Kier alpha value is -4.32. The summed E-state index contributed by atoms with van der Waals surface area (Å²) in [6, 6.07) is 9.93. The molecule has 1 N–H and O–H groups in total. The number of hydrogen-bond donors (Lipinski definition) is 1. The lowest BCUT2D eigenvalue weighted by atomic mass is 9.96. The van der Waals surface area contributed by atoms with Crippen LogP contribution >= 0.6 is 24.0 Å². The van der Waals surface area contributed by atoms with Crippen molar-refractivity contribution in [2.24, 2.45) is 0 Å². The Morgan fingerprint density at radius 3 is 2.19 bits per heavy atom. The summed E-state index contributed by atoms with van der Waals surface area (Å²) in [5.74, 6) is -1.12. The molecular formula is C35H32F6N2O7S2. The van der Waals surface area contributed by atoms with E-state index in [1.54, 1.807) is 0 Å². The number of ether oxygens (including phenoxy) is 4. The highest BCUT2D eigenvalue weighted by molar-refractivity contribution is 8.26. The first-order chi connectivity index (χ1) is 24.6. The van der Waals surface area contributed by atoms with Crippen molar-refractivity contribution in [3.63, 3.8) is 0 Å². The van der Waals surface area contributed by atoms with Crippen LogP contribution in [0.15, 0.2) is 59.5 Å². The molecule has 3 aromatic rings. The van der Waals surface area contributed by atoms with Gasteiger partial charge >= 0.3 is 18.3 Å². The van der Waals surface area contributed by atoms with Crippen molar-refractivity contribution in [3.8, 4) is 28.4 Å². The molecule has 2 saturated heterocycles. The molecule has 0 aromatic heterocycles. The lowest BCUT2D eigenvalue weighted by molar-refractivity contribution is -0.143. The summed E-state index contributed by atoms with van der Waals surface area (Å²) >= 11 is 6.41. The second-order valence-corrected chi connectivity index (χ2v) is 13.2. The van der Waals surface area contributed by atoms with Crippen molar-refractivity contribution in [1.82, 2.24) is 9.80 Å². The number of carbonyl (C=O) groups is 2. The number of rotatable bonds is 13. The number of methoxy groups -OCH3 is 1. The topological polar surface area (TPSA) is 97.8 Å². The molecule has 2 heterocycles. The zero-order chi connectivity index (χ0) is 37.6. The van der Waals surface area contributed by atoms with Crippen molar-refractivity contribution in [1.29, 1.82) is 0 Å². The molecule has 5 rings (SSSR count). The van der Waals surface area contributed by atoms with Crippen LogP contribution < -0.4 is 14.2 Å². The van der Waals surface area contributed by atoms with Crippen LogP contribution in [0.2, 0.25) is 0 Å². The predicted octanol–water partition coefficient (Wildman–Crippen LogP) is 7.48. The minimum Gasteiger partial charge on any atom is -0.494 e. The van der Waals surface area contributed by atoms with Crippen LogP contribution in [0.3, 0.4) is 0 Å². The molecule has 2 fully saturated rings. The smallest absolute Gasteiger partial charge is 0.416 e. The molecule has 9 nitrogen and oxygen atoms in total. The Bertz CT molecular complexity index is 1800. The molecule has 3 aromatic carbocycles. The van der Waals surface area contributed by atoms with E-state index in [0.29, 0.717) is 57.2 Å². The van der Waals surface area contributed by atoms with Gasteiger partial charge in [-0.25, -0.2) is 4.79 Å². The third kappa shape index (κ3) is 9.76. The van der Waals surface area contributed by atoms with E-state index < -0.39 is 40.9 Å². The van der Waals surface area contributed by atoms with Gasteiger partial charge in [0.2, 0.25) is 0 Å². The fraction of sp³-hybridized carbons (Fsp3) is 0.343. The second kappa shape index (κ2) is 16.6. The second-order valence-electron chi connectivity index (χ2n) is 11.6. The van der Waals surface area contributed by atoms with E-state index in [4.69, 9.17) is 36.3 Å². The highest BCUT2D eigenvalue weighted by Crippen LogP contribution is 2.45. The first-order valence-electron chi connectivity index (χ1n) is 15.8. The van der Waals surface area contributed by atoms with Gasteiger partial charge in [0.05, 0.1) is 48.5 Å². The largest absolute Gasteiger partial charge is 0.494 e. The minimum absolute atomic E-state index is 0.0284. The molecule has 0 bridgehead atoms. The van der Waals surface area contributed by atoms with Crippen molar-refractivity contribution in [3.05, 3.63) is 81.8 Å². The monoisotopic (exact) mass is 770 g/mol. The van der Waals surface area contributed by atoms with Crippen LogP contribution in [0.25, 0.3) is 17.2 Å². The number of nitrogens with zero attached hydrogens (tertiary/aromatic N) is 2. The number of carbonyl (C=O) groups excluding carboxylic acids is 1. The summed E-state index contributed by atoms with van der Waals surface area (Å²) in [7, 11) is 1.28. The van der Waals surface area contributed by atoms with Gasteiger partial charge in [-0.2, -0.15) is 26.3 Å². The van der Waals surface area contributed by atoms with Crippen molar-refractivity contribution >= 4 is 46.3 Å². The number of carboxylic acid groups (broad SMARTS) is 1. The summed E-state index contributed by atoms with van der Waals surface area (Å²) < 4.78 is 106. The Morgan fingerprint density at radius 1 is 0.942 bits per heavy atom. The zero-order valence-corrected chi connectivity index (χ0v) is 29.1. The van der Waals surface area contributed by atoms with Gasteiger partial charge in [0.15, 0.2) is 11.5 Å². The minimum atomic E-state index is -5.08. The lowest BCUT2D eigenvalue weighted by Crippen LogP contribution is -2.38. The van der Waals surface area contributed by atoms with Gasteiger partial charge in [0.25, 0.3) is 5.91 Å². The summed E-state index contributed by atoms with van der Waals surface area (Å²) in [6.07, 6.45) is -8.37. The third-order valence-electron chi connectivity index (χ3n) is 8.02. The average Bonchev–Trinajstić information content (AvgIpc) is 3.37. The molecule has 0 radical (unpaired) electrons. The number of aromatic carboxylic acids is 1. The highest BCUT2D eigenvalue weighted by Gasteiger charge is 2.38. The molecule has 0 aliphatic carbocycles. The number of thiocarbonyl (C=S) groups is 1. The molecule has 0 saturated carbocycles. The van der Waals surface area contributed by atoms with Gasteiger partial charge in [-0.1, -0.05) is 24.0 Å². The summed E-state index contributed by atoms with van der Waals surface area (Å²) in [5.41, 5.74) is -3.16. The SMILES string of the molecule is COc1cc(/C=C2\SC(=S)N(CCCOc3ccc(C(=O)O)cc3)C2=O)cc(-c2cc(C(F)(F)F)cc(C(F)(F)F)c2)c1OCCN1CCOCC1. The fourth-order valence-corrected chi connectivity index (χ4v) is 6.69. The third-order valence-corrected chi connectivity index (χ3v) is 9.40. The molecule has 1 amide bonds. The van der Waals surface area contributed by atoms with Gasteiger partial charge < -0.3 is 24.1 Å². The molecule has 0 spiro atoms. The van der Waals surface area contributed by atoms with E-state index >= 15 is 0 Å². The standard InChI is InChI=1S/C35H32F6N2O7S2/c1-47-28-16-21(17-29-31(44)43(33(51)52-29)7-2-11-49-26-5-3-22(4-6-26)32(45)46)15-27(30(28)50-14-10-42-8-12-48-13-9-42)23-18-24(34(36,37)38)20-25(19-23)35(39,40)41/h3-6,15-20H,2,7-14H2,1H3,(H,45,46)/b29-17-. The molecule has 17 heteroatoms. The van der Waals surface area contributed by atoms with Crippen LogP contribution in [0.4, 0.5) is 26.3 Å². The number of amides is 1. The predicted molar refractivity (Wildman–Crippen MR) is 185 cm³/mol. The van der Waals surface area contributed by atoms with Gasteiger partial charge in [-0.15, -0.1) is 0 Å². The highest BCUT2D eigenvalue weighted by atomic mass is 32.2. The number of morpholine rings is 1. The number of hydrogen-bond acceptors (Lipinski definition) is 9. The molecule has 0 unspecified atom stereocenters. The number of benzene rings is 3. The van der Waals surface area contributed by atoms with Crippen molar-refractivity contribution in [2.45, 2.75) is 18.8 Å². The molecular weight excluding hydrogens is 739 g/mol. The van der Waals surface area contributed by atoms with Gasteiger partial charge in [-0.05, 0) is 78.2 Å². The van der Waals surface area contributed by atoms with E-state index in [1.165, 1.54) is 54.5 Å². The Kier molecular flexibility index (Phi) is 12.4. The maximum absolute atomic E-state index is 13.9. The van der Waals surface area contributed by atoms with E-state index in [0.717, 1.165) is 11.8 Å². The first kappa shape index (κ1) is 38.9. The van der Waals surface area contributed by atoms with Crippen LogP contribution in [-0.4, -0.2) is 90.8 Å². The van der Waals surface area contributed by atoms with E-state index in [2.05, 4.69) is 0 Å². The number of alkyl halides is 6. The maximum atomic E-state index is 13.9. The van der Waals surface area contributed by atoms with Gasteiger partial charge in [0, 0.05) is 31.7 Å². The summed E-state index contributed by atoms with van der Waals surface area (Å²) in [6.45, 7) is 3.11. The average molecular weight is 771 g/mol. The van der Waals surface area contributed by atoms with Gasteiger partial charge in [0.1, 0.15) is 16.7 Å². The maximum Gasteiger partial charge on any atom is 0.416 e. The Morgan fingerprint density at radius 2 is 1.60 bits per heavy atom. The lowest BCUT2D eigenvalue weighted by Gasteiger charge is -2.27. The van der Waals surface area contributed by atoms with Crippen LogP contribution in [0.1, 0.15) is 33.5 Å². The molecule has 278 valence electrons. The van der Waals surface area contributed by atoms with E-state index in [1.807, 2.05) is 4.90 Å². The Balaban J connectivity index is 1.42. The molecule has 2 aliphatic heterocycles. The van der Waals surface area contributed by atoms with Gasteiger partial charge in [-0.3, -0.25) is 14.6 Å². The molecule has 0 atom stereocenters. The number of halogens is 6. The van der Waals surface area contributed by atoms with Crippen LogP contribution in [-0.2, 0) is 21.9 Å². The summed E-state index contributed by atoms with van der Waals surface area (Å²) in [4.78, 5) is 28.0. The number of thioether (sulfide) groups is 1.